The fourth-order valence-corrected chi connectivity index (χ4v) is 3.32. The lowest BCUT2D eigenvalue weighted by Gasteiger charge is -2.15. The Kier molecular flexibility index (Phi) is 4.36. The minimum Gasteiger partial charge on any atom is -0.490 e. The smallest absolute Gasteiger partial charge is 0.161 e. The summed E-state index contributed by atoms with van der Waals surface area (Å²) >= 11 is 9.73. The van der Waals surface area contributed by atoms with Crippen LogP contribution in [0.4, 0.5) is 4.39 Å². The molecule has 0 bridgehead atoms. The molecule has 0 saturated heterocycles. The molecule has 110 valence electrons. The van der Waals surface area contributed by atoms with Gasteiger partial charge in [-0.3, -0.25) is 0 Å². The summed E-state index contributed by atoms with van der Waals surface area (Å²) < 4.78 is 24.4. The summed E-state index contributed by atoms with van der Waals surface area (Å²) in [5.74, 6) is 1.14. The maximum Gasteiger partial charge on any atom is 0.161 e. The molecule has 0 saturated carbocycles. The Balaban J connectivity index is 1.94. The maximum absolute atomic E-state index is 13.1. The number of hydrogen-bond donors (Lipinski definition) is 0. The number of halogens is 3. The molecule has 0 spiro atoms. The third-order valence-electron chi connectivity index (χ3n) is 3.30. The molecule has 0 amide bonds. The lowest BCUT2D eigenvalue weighted by atomic mass is 10.0. The van der Waals surface area contributed by atoms with Crippen molar-refractivity contribution in [2.24, 2.45) is 0 Å². The van der Waals surface area contributed by atoms with Gasteiger partial charge in [-0.05, 0) is 35.4 Å². The molecule has 1 heterocycles. The molecule has 5 heteroatoms. The van der Waals surface area contributed by atoms with Gasteiger partial charge in [0.2, 0.25) is 0 Å². The second-order valence-corrected chi connectivity index (χ2v) is 6.11. The van der Waals surface area contributed by atoms with Crippen molar-refractivity contribution in [2.45, 2.75) is 11.2 Å². The van der Waals surface area contributed by atoms with Crippen molar-refractivity contribution in [1.82, 2.24) is 0 Å². The number of ether oxygens (including phenoxy) is 2. The van der Waals surface area contributed by atoms with Gasteiger partial charge in [0.15, 0.2) is 11.5 Å². The number of alkyl halides is 1. The van der Waals surface area contributed by atoms with E-state index in [0.717, 1.165) is 29.0 Å². The van der Waals surface area contributed by atoms with Crippen LogP contribution in [0, 0.1) is 5.82 Å². The van der Waals surface area contributed by atoms with Gasteiger partial charge in [-0.2, -0.15) is 0 Å². The monoisotopic (exact) mass is 370 g/mol. The van der Waals surface area contributed by atoms with E-state index in [4.69, 9.17) is 21.1 Å². The number of rotatable bonds is 2. The number of benzene rings is 2. The number of fused-ring (bicyclic) bond motifs is 1. The van der Waals surface area contributed by atoms with Crippen molar-refractivity contribution < 1.29 is 13.9 Å². The van der Waals surface area contributed by atoms with Crippen molar-refractivity contribution in [1.29, 1.82) is 0 Å². The highest BCUT2D eigenvalue weighted by atomic mass is 79.9. The van der Waals surface area contributed by atoms with Gasteiger partial charge in [-0.1, -0.05) is 39.7 Å². The first-order valence-corrected chi connectivity index (χ1v) is 7.93. The highest BCUT2D eigenvalue weighted by Crippen LogP contribution is 2.39. The van der Waals surface area contributed by atoms with Gasteiger partial charge in [0.1, 0.15) is 5.82 Å². The Morgan fingerprint density at radius 2 is 1.81 bits per heavy atom. The summed E-state index contributed by atoms with van der Waals surface area (Å²) in [4.78, 5) is -0.136. The molecule has 1 atom stereocenters. The SMILES string of the molecule is Fc1ccc(C(Br)c2ccc3c(c2)OCCCO3)c(Cl)c1. The molecule has 0 radical (unpaired) electrons. The van der Waals surface area contributed by atoms with Gasteiger partial charge < -0.3 is 9.47 Å². The molecule has 1 aliphatic rings. The lowest BCUT2D eigenvalue weighted by Crippen LogP contribution is -1.98. The Morgan fingerprint density at radius 1 is 1.05 bits per heavy atom. The summed E-state index contributed by atoms with van der Waals surface area (Å²) in [6, 6.07) is 10.2. The van der Waals surface area contributed by atoms with Gasteiger partial charge in [0.05, 0.1) is 18.0 Å². The maximum atomic E-state index is 13.1. The molecule has 0 aliphatic carbocycles. The molecule has 0 N–H and O–H groups in total. The predicted molar refractivity (Wildman–Crippen MR) is 84.2 cm³/mol. The Morgan fingerprint density at radius 3 is 2.57 bits per heavy atom. The fraction of sp³-hybridized carbons (Fsp3) is 0.250. The molecule has 21 heavy (non-hydrogen) atoms. The zero-order chi connectivity index (χ0) is 14.8. The minimum atomic E-state index is -0.345. The highest BCUT2D eigenvalue weighted by molar-refractivity contribution is 9.09. The zero-order valence-electron chi connectivity index (χ0n) is 11.1. The molecule has 0 fully saturated rings. The Hall–Kier alpha value is -1.26. The van der Waals surface area contributed by atoms with E-state index in [0.29, 0.717) is 18.2 Å². The predicted octanol–water partition coefficient (Wildman–Crippen LogP) is 5.12. The molecular formula is C16H13BrClFO2. The molecular weight excluding hydrogens is 359 g/mol. The molecule has 1 unspecified atom stereocenters. The average Bonchev–Trinajstić information content (AvgIpc) is 2.71. The van der Waals surface area contributed by atoms with Crippen LogP contribution in [0.5, 0.6) is 11.5 Å². The Labute approximate surface area is 136 Å². The van der Waals surface area contributed by atoms with E-state index in [1.165, 1.54) is 12.1 Å². The van der Waals surface area contributed by atoms with Gasteiger partial charge in [-0.15, -0.1) is 0 Å². The van der Waals surface area contributed by atoms with E-state index in [1.807, 2.05) is 18.2 Å². The van der Waals surface area contributed by atoms with E-state index in [-0.39, 0.29) is 10.6 Å². The van der Waals surface area contributed by atoms with Gasteiger partial charge >= 0.3 is 0 Å². The first kappa shape index (κ1) is 14.7. The average molecular weight is 372 g/mol. The summed E-state index contributed by atoms with van der Waals surface area (Å²) in [6.45, 7) is 1.30. The van der Waals surface area contributed by atoms with Crippen LogP contribution in [0.2, 0.25) is 5.02 Å². The first-order chi connectivity index (χ1) is 10.1. The third kappa shape index (κ3) is 3.16. The van der Waals surface area contributed by atoms with Crippen molar-refractivity contribution in [2.75, 3.05) is 13.2 Å². The molecule has 2 aromatic rings. The van der Waals surface area contributed by atoms with Crippen LogP contribution in [0.25, 0.3) is 0 Å². The van der Waals surface area contributed by atoms with Crippen LogP contribution in [-0.2, 0) is 0 Å². The summed E-state index contributed by atoms with van der Waals surface area (Å²) in [5.41, 5.74) is 1.79. The van der Waals surface area contributed by atoms with Crippen molar-refractivity contribution in [3.8, 4) is 11.5 Å². The van der Waals surface area contributed by atoms with E-state index in [9.17, 15) is 4.39 Å². The first-order valence-electron chi connectivity index (χ1n) is 6.64. The van der Waals surface area contributed by atoms with Crippen molar-refractivity contribution in [3.63, 3.8) is 0 Å². The minimum absolute atomic E-state index is 0.136. The van der Waals surface area contributed by atoms with Crippen LogP contribution in [-0.4, -0.2) is 13.2 Å². The van der Waals surface area contributed by atoms with E-state index in [1.54, 1.807) is 6.07 Å². The normalized spacial score (nSPS) is 15.4. The largest absolute Gasteiger partial charge is 0.490 e. The van der Waals surface area contributed by atoms with E-state index < -0.39 is 0 Å². The summed E-state index contributed by atoms with van der Waals surface area (Å²) in [5, 5.41) is 0.393. The van der Waals surface area contributed by atoms with E-state index in [2.05, 4.69) is 15.9 Å². The van der Waals surface area contributed by atoms with Crippen LogP contribution >= 0.6 is 27.5 Å². The third-order valence-corrected chi connectivity index (χ3v) is 4.65. The fourth-order valence-electron chi connectivity index (χ4n) is 2.22. The van der Waals surface area contributed by atoms with Gasteiger partial charge in [0.25, 0.3) is 0 Å². The number of hydrogen-bond acceptors (Lipinski definition) is 2. The standard InChI is InChI=1S/C16H13BrClFO2/c17-16(12-4-3-11(19)9-13(12)18)10-2-5-14-15(8-10)21-7-1-6-20-14/h2-5,8-9,16H,1,6-7H2. The van der Waals surface area contributed by atoms with Gasteiger partial charge in [-0.25, -0.2) is 4.39 Å². The second-order valence-electron chi connectivity index (χ2n) is 4.79. The molecule has 2 nitrogen and oxygen atoms in total. The van der Waals surface area contributed by atoms with Crippen LogP contribution in [0.15, 0.2) is 36.4 Å². The van der Waals surface area contributed by atoms with E-state index >= 15 is 0 Å². The van der Waals surface area contributed by atoms with Crippen molar-refractivity contribution >= 4 is 27.5 Å². The van der Waals surface area contributed by atoms with Crippen LogP contribution in [0.3, 0.4) is 0 Å². The molecule has 0 aromatic heterocycles. The zero-order valence-corrected chi connectivity index (χ0v) is 13.5. The van der Waals surface area contributed by atoms with Crippen LogP contribution in [0.1, 0.15) is 22.4 Å². The van der Waals surface area contributed by atoms with Gasteiger partial charge in [0, 0.05) is 11.4 Å². The summed E-state index contributed by atoms with van der Waals surface area (Å²) in [6.07, 6.45) is 0.867. The quantitative estimate of drug-likeness (QED) is 0.682. The summed E-state index contributed by atoms with van der Waals surface area (Å²) in [7, 11) is 0. The molecule has 3 rings (SSSR count). The Bertz CT molecular complexity index is 663. The topological polar surface area (TPSA) is 18.5 Å². The van der Waals surface area contributed by atoms with Crippen molar-refractivity contribution in [3.05, 3.63) is 58.4 Å². The lowest BCUT2D eigenvalue weighted by molar-refractivity contribution is 0.297. The molecule has 2 aromatic carbocycles. The van der Waals surface area contributed by atoms with Crippen LogP contribution < -0.4 is 9.47 Å². The second kappa shape index (κ2) is 6.24. The highest BCUT2D eigenvalue weighted by Gasteiger charge is 2.18. The molecule has 1 aliphatic heterocycles.